The minimum atomic E-state index is -4.03. The van der Waals surface area contributed by atoms with E-state index in [1.807, 2.05) is 13.8 Å². The fraction of sp³-hybridized carbons (Fsp3) is 1.00. The fourth-order valence-corrected chi connectivity index (χ4v) is 2.78. The van der Waals surface area contributed by atoms with E-state index in [0.717, 1.165) is 0 Å². The molecule has 2 radical (unpaired) electrons. The van der Waals surface area contributed by atoms with Crippen LogP contribution in [-0.2, 0) is 23.1 Å². The largest absolute Gasteiger partial charge is 0.472 e. The molecular weight excluding hydrogens is 234 g/mol. The van der Waals surface area contributed by atoms with Gasteiger partial charge in [0.2, 0.25) is 0 Å². The standard InChI is InChI=1S/C8H14BO6P/c1-4(2)13-6-5-3-12-16(10,11)15-7(6)8(9)14-5/h4-8H,3H2,1-2H3,(H,10,11)/t5-,6+,7?,8-/m1/s1. The number of phosphoric ester groups is 1. The van der Waals surface area contributed by atoms with Crippen LogP contribution < -0.4 is 0 Å². The summed E-state index contributed by atoms with van der Waals surface area (Å²) in [6.07, 6.45) is -1.77. The van der Waals surface area contributed by atoms with E-state index < -0.39 is 32.1 Å². The summed E-state index contributed by atoms with van der Waals surface area (Å²) in [5, 5.41) is 0. The number of phosphoric acid groups is 1. The van der Waals surface area contributed by atoms with Crippen molar-refractivity contribution in [3.63, 3.8) is 0 Å². The van der Waals surface area contributed by atoms with E-state index in [2.05, 4.69) is 0 Å². The molecule has 2 bridgehead atoms. The maximum absolute atomic E-state index is 11.4. The van der Waals surface area contributed by atoms with Crippen LogP contribution >= 0.6 is 7.82 Å². The topological polar surface area (TPSA) is 74.2 Å². The summed E-state index contributed by atoms with van der Waals surface area (Å²) in [4.78, 5) is 9.29. The van der Waals surface area contributed by atoms with Crippen molar-refractivity contribution in [2.24, 2.45) is 0 Å². The lowest BCUT2D eigenvalue weighted by Gasteiger charge is -2.23. The van der Waals surface area contributed by atoms with Crippen molar-refractivity contribution in [1.82, 2.24) is 0 Å². The Morgan fingerprint density at radius 2 is 2.25 bits per heavy atom. The predicted octanol–water partition coefficient (Wildman–Crippen LogP) is 0.189. The van der Waals surface area contributed by atoms with Crippen molar-refractivity contribution in [2.75, 3.05) is 6.61 Å². The summed E-state index contributed by atoms with van der Waals surface area (Å²) in [5.41, 5.74) is 0. The quantitative estimate of drug-likeness (QED) is 0.555. The number of ether oxygens (including phenoxy) is 2. The zero-order chi connectivity index (χ0) is 11.9. The molecule has 16 heavy (non-hydrogen) atoms. The first-order chi connectivity index (χ1) is 7.39. The zero-order valence-corrected chi connectivity index (χ0v) is 10.0. The lowest BCUT2D eigenvalue weighted by molar-refractivity contribution is -0.0596. The van der Waals surface area contributed by atoms with Crippen LogP contribution in [0.3, 0.4) is 0 Å². The Kier molecular flexibility index (Phi) is 3.45. The molecule has 90 valence electrons. The molecule has 2 unspecified atom stereocenters. The maximum Gasteiger partial charge on any atom is 0.472 e. The molecule has 0 spiro atoms. The van der Waals surface area contributed by atoms with Gasteiger partial charge in [0.05, 0.1) is 12.7 Å². The average Bonchev–Trinajstić information content (AvgIpc) is 2.34. The molecule has 2 saturated heterocycles. The van der Waals surface area contributed by atoms with Crippen LogP contribution in [0, 0.1) is 0 Å². The van der Waals surface area contributed by atoms with Crippen molar-refractivity contribution in [1.29, 1.82) is 0 Å². The summed E-state index contributed by atoms with van der Waals surface area (Å²) in [6, 6.07) is -0.766. The third-order valence-corrected chi connectivity index (χ3v) is 3.42. The summed E-state index contributed by atoms with van der Waals surface area (Å²) < 4.78 is 31.9. The molecule has 1 N–H and O–H groups in total. The van der Waals surface area contributed by atoms with Gasteiger partial charge in [0, 0.05) is 6.00 Å². The highest BCUT2D eigenvalue weighted by molar-refractivity contribution is 7.47. The molecular formula is C8H14BO6P. The summed E-state index contributed by atoms with van der Waals surface area (Å²) >= 11 is 0. The molecule has 2 aliphatic rings. The second-order valence-corrected chi connectivity index (χ2v) is 5.53. The minimum absolute atomic E-state index is 0.0521. The Bertz CT molecular complexity index is 311. The van der Waals surface area contributed by atoms with Crippen LogP contribution in [0.4, 0.5) is 0 Å². The van der Waals surface area contributed by atoms with Crippen molar-refractivity contribution in [3.05, 3.63) is 0 Å². The number of fused-ring (bicyclic) bond motifs is 2. The number of hydrogen-bond acceptors (Lipinski definition) is 5. The van der Waals surface area contributed by atoms with Gasteiger partial charge in [-0.2, -0.15) is 0 Å². The van der Waals surface area contributed by atoms with Crippen molar-refractivity contribution < 1.29 is 28.0 Å². The molecule has 2 fully saturated rings. The van der Waals surface area contributed by atoms with Crippen LogP contribution in [-0.4, -0.2) is 49.8 Å². The molecule has 0 saturated carbocycles. The van der Waals surface area contributed by atoms with Gasteiger partial charge in [-0.1, -0.05) is 0 Å². The minimum Gasteiger partial charge on any atom is -0.377 e. The molecule has 2 heterocycles. The highest BCUT2D eigenvalue weighted by Gasteiger charge is 2.50. The Hall–Kier alpha value is 0.0949. The summed E-state index contributed by atoms with van der Waals surface area (Å²) in [7, 11) is 1.63. The van der Waals surface area contributed by atoms with E-state index in [4.69, 9.17) is 26.4 Å². The van der Waals surface area contributed by atoms with E-state index in [1.165, 1.54) is 0 Å². The molecule has 6 nitrogen and oxygen atoms in total. The van der Waals surface area contributed by atoms with Crippen LogP contribution in [0.25, 0.3) is 0 Å². The van der Waals surface area contributed by atoms with Crippen molar-refractivity contribution in [3.8, 4) is 0 Å². The first-order valence-corrected chi connectivity index (χ1v) is 6.61. The summed E-state index contributed by atoms with van der Waals surface area (Å²) in [5.74, 6) is 0. The summed E-state index contributed by atoms with van der Waals surface area (Å²) in [6.45, 7) is 3.65. The Balaban J connectivity index is 2.17. The zero-order valence-electron chi connectivity index (χ0n) is 9.11. The molecule has 2 aliphatic heterocycles. The number of rotatable bonds is 2. The van der Waals surface area contributed by atoms with Crippen LogP contribution in [0.1, 0.15) is 13.8 Å². The third kappa shape index (κ3) is 2.50. The smallest absolute Gasteiger partial charge is 0.377 e. The van der Waals surface area contributed by atoms with Gasteiger partial charge in [0.1, 0.15) is 26.2 Å². The van der Waals surface area contributed by atoms with E-state index in [9.17, 15) is 9.46 Å². The van der Waals surface area contributed by atoms with Gasteiger partial charge < -0.3 is 14.4 Å². The molecule has 0 aromatic rings. The maximum atomic E-state index is 11.4. The molecule has 0 aliphatic carbocycles. The molecule has 0 aromatic carbocycles. The van der Waals surface area contributed by atoms with Crippen LogP contribution in [0.2, 0.25) is 0 Å². The van der Waals surface area contributed by atoms with Gasteiger partial charge in [0.15, 0.2) is 0 Å². The van der Waals surface area contributed by atoms with Gasteiger partial charge in [-0.05, 0) is 13.8 Å². The van der Waals surface area contributed by atoms with Gasteiger partial charge in [-0.3, -0.25) is 9.05 Å². The van der Waals surface area contributed by atoms with Crippen molar-refractivity contribution in [2.45, 2.75) is 44.3 Å². The second-order valence-electron chi connectivity index (χ2n) is 4.12. The third-order valence-electron chi connectivity index (χ3n) is 2.43. The molecule has 0 amide bonds. The van der Waals surface area contributed by atoms with Gasteiger partial charge in [0.25, 0.3) is 0 Å². The molecule has 5 atom stereocenters. The number of hydrogen-bond donors (Lipinski definition) is 1. The van der Waals surface area contributed by atoms with E-state index >= 15 is 0 Å². The normalized spacial score (nSPS) is 48.2. The van der Waals surface area contributed by atoms with Gasteiger partial charge in [-0.15, -0.1) is 0 Å². The van der Waals surface area contributed by atoms with Gasteiger partial charge >= 0.3 is 7.82 Å². The van der Waals surface area contributed by atoms with Gasteiger partial charge in [-0.25, -0.2) is 4.57 Å². The van der Waals surface area contributed by atoms with E-state index in [1.54, 1.807) is 0 Å². The van der Waals surface area contributed by atoms with Crippen molar-refractivity contribution >= 4 is 15.7 Å². The second kappa shape index (κ2) is 4.40. The highest BCUT2D eigenvalue weighted by atomic mass is 31.2. The fourth-order valence-electron chi connectivity index (χ4n) is 1.84. The molecule has 8 heteroatoms. The Morgan fingerprint density at radius 1 is 1.56 bits per heavy atom. The highest BCUT2D eigenvalue weighted by Crippen LogP contribution is 2.50. The lowest BCUT2D eigenvalue weighted by atomic mass is 9.93. The van der Waals surface area contributed by atoms with E-state index in [0.29, 0.717) is 0 Å². The first-order valence-electron chi connectivity index (χ1n) is 5.11. The Morgan fingerprint density at radius 3 is 2.88 bits per heavy atom. The SMILES string of the molecule is [B][C@@H]1O[C@@H]2COP(=O)(O)OC1[C@H]2OC(C)C. The molecule has 0 aromatic heterocycles. The first kappa shape index (κ1) is 12.5. The predicted molar refractivity (Wildman–Crippen MR) is 55.1 cm³/mol. The van der Waals surface area contributed by atoms with E-state index in [-0.39, 0.29) is 12.7 Å². The monoisotopic (exact) mass is 248 g/mol. The molecule has 2 rings (SSSR count). The Labute approximate surface area is 95.2 Å². The average molecular weight is 248 g/mol. The van der Waals surface area contributed by atoms with Crippen LogP contribution in [0.5, 0.6) is 0 Å². The van der Waals surface area contributed by atoms with Crippen LogP contribution in [0.15, 0.2) is 0 Å². The lowest BCUT2D eigenvalue weighted by Crippen LogP contribution is -2.38.